The third-order valence-electron chi connectivity index (χ3n) is 6.19. The van der Waals surface area contributed by atoms with Crippen molar-refractivity contribution in [3.05, 3.63) is 77.7 Å². The van der Waals surface area contributed by atoms with Crippen molar-refractivity contribution in [1.29, 1.82) is 0 Å². The number of aryl methyl sites for hydroxylation is 2. The number of hydrogen-bond donors (Lipinski definition) is 1. The second-order valence-electron chi connectivity index (χ2n) is 8.68. The zero-order valence-corrected chi connectivity index (χ0v) is 18.8. The highest BCUT2D eigenvalue weighted by atomic mass is 19.1. The second-order valence-corrected chi connectivity index (χ2v) is 8.68. The van der Waals surface area contributed by atoms with Crippen molar-refractivity contribution >= 4 is 23.1 Å². The van der Waals surface area contributed by atoms with Crippen LogP contribution in [0.25, 0.3) is 16.9 Å². The maximum atomic E-state index is 13.3. The number of amides is 1. The molecular formula is C26H26FN5O. The Bertz CT molecular complexity index is 1290. The standard InChI is InChI=1S/C26H26FN5O/c1-17-3-9-22(10-4-17)29-26(33)20-11-13-31(14-12-20)25-15-18(2)28-24-16-23(30-32(24)25)19-5-7-21(27)8-6-19/h3-10,15-16,20H,11-14H2,1-2H3,(H,29,33). The van der Waals surface area contributed by atoms with Crippen LogP contribution in [0, 0.1) is 25.6 Å². The first-order chi connectivity index (χ1) is 16.0. The van der Waals surface area contributed by atoms with Crippen LogP contribution < -0.4 is 10.2 Å². The fraction of sp³-hybridized carbons (Fsp3) is 0.269. The summed E-state index contributed by atoms with van der Waals surface area (Å²) >= 11 is 0. The smallest absolute Gasteiger partial charge is 0.227 e. The van der Waals surface area contributed by atoms with Gasteiger partial charge in [0.2, 0.25) is 5.91 Å². The molecule has 7 heteroatoms. The highest BCUT2D eigenvalue weighted by Crippen LogP contribution is 2.28. The molecular weight excluding hydrogens is 417 g/mol. The van der Waals surface area contributed by atoms with Gasteiger partial charge in [0.15, 0.2) is 5.65 Å². The van der Waals surface area contributed by atoms with Gasteiger partial charge in [0.25, 0.3) is 0 Å². The number of nitrogens with one attached hydrogen (secondary N) is 1. The van der Waals surface area contributed by atoms with Crippen molar-refractivity contribution < 1.29 is 9.18 Å². The Hall–Kier alpha value is -3.74. The molecule has 0 atom stereocenters. The number of nitrogens with zero attached hydrogens (tertiary/aromatic N) is 4. The molecule has 3 heterocycles. The molecule has 5 rings (SSSR count). The molecule has 0 spiro atoms. The lowest BCUT2D eigenvalue weighted by Crippen LogP contribution is -2.39. The van der Waals surface area contributed by atoms with Crippen molar-refractivity contribution in [3.63, 3.8) is 0 Å². The van der Waals surface area contributed by atoms with Gasteiger partial charge < -0.3 is 10.2 Å². The van der Waals surface area contributed by atoms with E-state index in [0.29, 0.717) is 0 Å². The van der Waals surface area contributed by atoms with Crippen LogP contribution in [-0.2, 0) is 4.79 Å². The molecule has 0 radical (unpaired) electrons. The first-order valence-corrected chi connectivity index (χ1v) is 11.2. The molecule has 2 aromatic heterocycles. The largest absolute Gasteiger partial charge is 0.356 e. The van der Waals surface area contributed by atoms with E-state index >= 15 is 0 Å². The zero-order chi connectivity index (χ0) is 22.9. The lowest BCUT2D eigenvalue weighted by molar-refractivity contribution is -0.120. The van der Waals surface area contributed by atoms with Gasteiger partial charge in [-0.2, -0.15) is 9.61 Å². The number of anilines is 2. The minimum atomic E-state index is -0.272. The number of halogens is 1. The Labute approximate surface area is 192 Å². The van der Waals surface area contributed by atoms with Gasteiger partial charge in [0.05, 0.1) is 5.69 Å². The van der Waals surface area contributed by atoms with E-state index < -0.39 is 0 Å². The van der Waals surface area contributed by atoms with E-state index in [0.717, 1.165) is 60.0 Å². The molecule has 2 aromatic carbocycles. The highest BCUT2D eigenvalue weighted by Gasteiger charge is 2.27. The molecule has 1 aliphatic heterocycles. The van der Waals surface area contributed by atoms with Crippen LogP contribution in [0.3, 0.4) is 0 Å². The lowest BCUT2D eigenvalue weighted by atomic mass is 9.95. The van der Waals surface area contributed by atoms with E-state index in [4.69, 9.17) is 5.10 Å². The summed E-state index contributed by atoms with van der Waals surface area (Å²) in [6.07, 6.45) is 1.54. The Balaban J connectivity index is 1.33. The molecule has 4 aromatic rings. The first kappa shape index (κ1) is 21.1. The third-order valence-corrected chi connectivity index (χ3v) is 6.19. The maximum absolute atomic E-state index is 13.3. The summed E-state index contributed by atoms with van der Waals surface area (Å²) in [5.74, 6) is 0.746. The minimum Gasteiger partial charge on any atom is -0.356 e. The Morgan fingerprint density at radius 1 is 1.00 bits per heavy atom. The summed E-state index contributed by atoms with van der Waals surface area (Å²) in [7, 11) is 0. The van der Waals surface area contributed by atoms with Crippen molar-refractivity contribution in [2.75, 3.05) is 23.3 Å². The van der Waals surface area contributed by atoms with Crippen molar-refractivity contribution in [2.45, 2.75) is 26.7 Å². The van der Waals surface area contributed by atoms with Gasteiger partial charge in [-0.1, -0.05) is 17.7 Å². The fourth-order valence-electron chi connectivity index (χ4n) is 4.32. The fourth-order valence-corrected chi connectivity index (χ4v) is 4.32. The molecule has 0 unspecified atom stereocenters. The molecule has 168 valence electrons. The van der Waals surface area contributed by atoms with Gasteiger partial charge in [-0.3, -0.25) is 4.79 Å². The summed E-state index contributed by atoms with van der Waals surface area (Å²) in [6.45, 7) is 5.52. The van der Waals surface area contributed by atoms with Crippen LogP contribution >= 0.6 is 0 Å². The van der Waals surface area contributed by atoms with E-state index in [-0.39, 0.29) is 17.6 Å². The topological polar surface area (TPSA) is 62.5 Å². The van der Waals surface area contributed by atoms with Crippen molar-refractivity contribution in [3.8, 4) is 11.3 Å². The van der Waals surface area contributed by atoms with Crippen LogP contribution in [0.2, 0.25) is 0 Å². The maximum Gasteiger partial charge on any atom is 0.227 e. The van der Waals surface area contributed by atoms with E-state index in [1.54, 1.807) is 12.1 Å². The number of benzene rings is 2. The monoisotopic (exact) mass is 443 g/mol. The van der Waals surface area contributed by atoms with Gasteiger partial charge in [-0.25, -0.2) is 9.37 Å². The number of fused-ring (bicyclic) bond motifs is 1. The SMILES string of the molecule is Cc1ccc(NC(=O)C2CCN(c3cc(C)nc4cc(-c5ccc(F)cc5)nn34)CC2)cc1. The molecule has 1 saturated heterocycles. The second kappa shape index (κ2) is 8.65. The van der Waals surface area contributed by atoms with Crippen LogP contribution in [0.4, 0.5) is 15.9 Å². The average Bonchev–Trinajstić information content (AvgIpc) is 3.24. The van der Waals surface area contributed by atoms with E-state index in [9.17, 15) is 9.18 Å². The Morgan fingerprint density at radius 2 is 1.70 bits per heavy atom. The van der Waals surface area contributed by atoms with E-state index in [1.807, 2.05) is 54.8 Å². The van der Waals surface area contributed by atoms with Crippen LogP contribution in [-0.4, -0.2) is 33.6 Å². The van der Waals surface area contributed by atoms with Gasteiger partial charge in [-0.05, 0) is 63.1 Å². The third kappa shape index (κ3) is 4.44. The number of carbonyl (C=O) groups is 1. The summed E-state index contributed by atoms with van der Waals surface area (Å²) in [5, 5.41) is 7.80. The molecule has 33 heavy (non-hydrogen) atoms. The molecule has 6 nitrogen and oxygen atoms in total. The Kier molecular flexibility index (Phi) is 5.54. The summed E-state index contributed by atoms with van der Waals surface area (Å²) < 4.78 is 15.2. The van der Waals surface area contributed by atoms with Gasteiger partial charge in [0.1, 0.15) is 11.6 Å². The number of aromatic nitrogens is 3. The molecule has 1 amide bonds. The van der Waals surface area contributed by atoms with Crippen molar-refractivity contribution in [2.24, 2.45) is 5.92 Å². The highest BCUT2D eigenvalue weighted by molar-refractivity contribution is 5.92. The van der Waals surface area contributed by atoms with Gasteiger partial charge in [0, 0.05) is 48.1 Å². The van der Waals surface area contributed by atoms with E-state index in [1.165, 1.54) is 17.7 Å². The molecule has 1 N–H and O–H groups in total. The van der Waals surface area contributed by atoms with Crippen molar-refractivity contribution in [1.82, 2.24) is 14.6 Å². The zero-order valence-electron chi connectivity index (χ0n) is 18.8. The number of piperidine rings is 1. The minimum absolute atomic E-state index is 0.0200. The van der Waals surface area contributed by atoms with Gasteiger partial charge >= 0.3 is 0 Å². The van der Waals surface area contributed by atoms with Gasteiger partial charge in [-0.15, -0.1) is 0 Å². The average molecular weight is 444 g/mol. The molecule has 0 bridgehead atoms. The molecule has 1 aliphatic rings. The predicted octanol–water partition coefficient (Wildman–Crippen LogP) is 5.01. The van der Waals surface area contributed by atoms with Crippen LogP contribution in [0.5, 0.6) is 0 Å². The molecule has 1 fully saturated rings. The predicted molar refractivity (Wildman–Crippen MR) is 128 cm³/mol. The Morgan fingerprint density at radius 3 is 2.39 bits per heavy atom. The normalized spacial score (nSPS) is 14.6. The molecule has 0 saturated carbocycles. The summed E-state index contributed by atoms with van der Waals surface area (Å²) in [6, 6.07) is 18.1. The number of hydrogen-bond acceptors (Lipinski definition) is 4. The first-order valence-electron chi connectivity index (χ1n) is 11.2. The quantitative estimate of drug-likeness (QED) is 0.482. The number of rotatable bonds is 4. The number of carbonyl (C=O) groups excluding carboxylic acids is 1. The van der Waals surface area contributed by atoms with Crippen LogP contribution in [0.1, 0.15) is 24.1 Å². The lowest BCUT2D eigenvalue weighted by Gasteiger charge is -2.33. The van der Waals surface area contributed by atoms with Crippen LogP contribution in [0.15, 0.2) is 60.7 Å². The van der Waals surface area contributed by atoms with E-state index in [2.05, 4.69) is 15.2 Å². The summed E-state index contributed by atoms with van der Waals surface area (Å²) in [5.41, 5.74) is 5.26. The summed E-state index contributed by atoms with van der Waals surface area (Å²) in [4.78, 5) is 19.7. The molecule has 0 aliphatic carbocycles.